The summed E-state index contributed by atoms with van der Waals surface area (Å²) in [6.07, 6.45) is 8.19. The molecule has 3 N–H and O–H groups in total. The second-order valence-electron chi connectivity index (χ2n) is 10.6. The number of hydrogen-bond acceptors (Lipinski definition) is 10. The van der Waals surface area contributed by atoms with Crippen LogP contribution in [0.4, 0.5) is 5.82 Å². The van der Waals surface area contributed by atoms with E-state index in [4.69, 9.17) is 14.5 Å². The minimum atomic E-state index is 0.0856. The maximum absolute atomic E-state index is 5.87. The van der Waals surface area contributed by atoms with Crippen molar-refractivity contribution in [1.29, 1.82) is 0 Å². The van der Waals surface area contributed by atoms with Gasteiger partial charge in [0.15, 0.2) is 0 Å². The largest absolute Gasteiger partial charge is 0.492 e. The molecule has 1 unspecified atom stereocenters. The van der Waals surface area contributed by atoms with Gasteiger partial charge in [-0.25, -0.2) is 20.8 Å². The molecule has 10 heteroatoms. The maximum atomic E-state index is 5.87. The molecule has 2 aromatic heterocycles. The third-order valence-corrected chi connectivity index (χ3v) is 8.15. The van der Waals surface area contributed by atoms with Gasteiger partial charge in [0, 0.05) is 74.4 Å². The summed E-state index contributed by atoms with van der Waals surface area (Å²) in [7, 11) is 1.65. The topological polar surface area (TPSA) is 90.1 Å². The molecule has 38 heavy (non-hydrogen) atoms. The number of allylic oxidation sites excluding steroid dienone is 2. The van der Waals surface area contributed by atoms with E-state index >= 15 is 0 Å². The van der Waals surface area contributed by atoms with Crippen molar-refractivity contribution in [3.8, 4) is 5.88 Å². The van der Waals surface area contributed by atoms with Crippen molar-refractivity contribution in [2.45, 2.75) is 19.6 Å². The molecule has 198 valence electrons. The summed E-state index contributed by atoms with van der Waals surface area (Å²) < 4.78 is 11.1. The SMILES string of the molecule is CCOC1=CN2NC3NNCC3=C2C(c2ccc(N3C[C@H]4CN(Cc5ccc(OC)nc5)C[C@H]4C3)nc2)=C1. The molecule has 0 bridgehead atoms. The first kappa shape index (κ1) is 23.7. The highest BCUT2D eigenvalue weighted by Crippen LogP contribution is 2.39. The number of nitrogens with one attached hydrogen (secondary N) is 3. The van der Waals surface area contributed by atoms with Gasteiger partial charge in [-0.1, -0.05) is 6.07 Å². The Kier molecular flexibility index (Phi) is 6.04. The molecule has 7 rings (SSSR count). The molecule has 2 aromatic rings. The van der Waals surface area contributed by atoms with Gasteiger partial charge >= 0.3 is 0 Å². The quantitative estimate of drug-likeness (QED) is 0.509. The molecule has 0 spiro atoms. The van der Waals surface area contributed by atoms with Crippen LogP contribution < -0.4 is 25.9 Å². The van der Waals surface area contributed by atoms with Crippen LogP contribution in [0.1, 0.15) is 18.1 Å². The number of likely N-dealkylation sites (tertiary alicyclic amines) is 1. The third kappa shape index (κ3) is 4.23. The first-order chi connectivity index (χ1) is 18.7. The molecule has 3 saturated heterocycles. The summed E-state index contributed by atoms with van der Waals surface area (Å²) in [6, 6.07) is 8.44. The highest BCUT2D eigenvalue weighted by Gasteiger charge is 2.41. The number of methoxy groups -OCH3 is 1. The highest BCUT2D eigenvalue weighted by atomic mass is 16.5. The molecular weight excluding hydrogens is 480 g/mol. The highest BCUT2D eigenvalue weighted by molar-refractivity contribution is 5.83. The molecule has 5 aliphatic heterocycles. The Balaban J connectivity index is 1.03. The fourth-order valence-electron chi connectivity index (χ4n) is 6.39. The molecule has 0 saturated carbocycles. The molecule has 7 heterocycles. The fourth-order valence-corrected chi connectivity index (χ4v) is 6.39. The lowest BCUT2D eigenvalue weighted by Gasteiger charge is -2.27. The molecule has 5 aliphatic rings. The Labute approximate surface area is 222 Å². The van der Waals surface area contributed by atoms with Crippen molar-refractivity contribution in [2.75, 3.05) is 51.3 Å². The zero-order valence-electron chi connectivity index (χ0n) is 21.9. The summed E-state index contributed by atoms with van der Waals surface area (Å²) in [5, 5.41) is 2.08. The Hall–Kier alpha value is -3.44. The van der Waals surface area contributed by atoms with Crippen LogP contribution in [0.15, 0.2) is 66.0 Å². The van der Waals surface area contributed by atoms with Gasteiger partial charge in [-0.05, 0) is 42.5 Å². The summed E-state index contributed by atoms with van der Waals surface area (Å²) in [5.74, 6) is 3.92. The number of hydrazine groups is 2. The van der Waals surface area contributed by atoms with E-state index in [1.807, 2.05) is 31.6 Å². The lowest BCUT2D eigenvalue weighted by atomic mass is 9.98. The van der Waals surface area contributed by atoms with Crippen molar-refractivity contribution >= 4 is 11.4 Å². The zero-order chi connectivity index (χ0) is 25.6. The van der Waals surface area contributed by atoms with Crippen molar-refractivity contribution in [3.05, 3.63) is 77.1 Å². The van der Waals surface area contributed by atoms with Gasteiger partial charge in [0.25, 0.3) is 0 Å². The Morgan fingerprint density at radius 1 is 1.03 bits per heavy atom. The number of fused-ring (bicyclic) bond motifs is 3. The molecule has 10 nitrogen and oxygen atoms in total. The standard InChI is InChI=1S/C28H34N8O2/c1-3-38-22-8-23(27-24-11-31-32-28(24)33-36(27)17-22)19-5-6-25(29-10-19)35-15-20-13-34(14-21(20)16-35)12-18-4-7-26(37-2)30-9-18/h4-10,17,20-21,28,31-33H,3,11-16H2,1-2H3/t20-,21+,28?. The normalized spacial score (nSPS) is 26.3. The average molecular weight is 515 g/mol. The van der Waals surface area contributed by atoms with Crippen molar-refractivity contribution < 1.29 is 9.47 Å². The van der Waals surface area contributed by atoms with Gasteiger partial charge < -0.3 is 14.4 Å². The number of ether oxygens (including phenoxy) is 2. The van der Waals surface area contributed by atoms with Gasteiger partial charge in [-0.3, -0.25) is 15.3 Å². The number of hydrogen-bond donors (Lipinski definition) is 3. The lowest BCUT2D eigenvalue weighted by Crippen LogP contribution is -2.44. The molecular formula is C28H34N8O2. The summed E-state index contributed by atoms with van der Waals surface area (Å²) >= 11 is 0. The number of pyridine rings is 2. The lowest BCUT2D eigenvalue weighted by molar-refractivity contribution is 0.223. The summed E-state index contributed by atoms with van der Waals surface area (Å²) in [6.45, 7) is 8.73. The Morgan fingerprint density at radius 3 is 2.61 bits per heavy atom. The van der Waals surface area contributed by atoms with Crippen LogP contribution in [0, 0.1) is 11.8 Å². The fraction of sp³-hybridized carbons (Fsp3) is 0.429. The van der Waals surface area contributed by atoms with Crippen LogP contribution in [0.2, 0.25) is 0 Å². The van der Waals surface area contributed by atoms with Crippen molar-refractivity contribution in [2.24, 2.45) is 11.8 Å². The van der Waals surface area contributed by atoms with Crippen molar-refractivity contribution in [3.63, 3.8) is 0 Å². The van der Waals surface area contributed by atoms with Crippen LogP contribution in [0.3, 0.4) is 0 Å². The predicted molar refractivity (Wildman–Crippen MR) is 144 cm³/mol. The number of anilines is 1. The van der Waals surface area contributed by atoms with E-state index in [9.17, 15) is 0 Å². The van der Waals surface area contributed by atoms with E-state index in [0.717, 1.165) is 62.0 Å². The van der Waals surface area contributed by atoms with Gasteiger partial charge in [-0.2, -0.15) is 0 Å². The smallest absolute Gasteiger partial charge is 0.212 e. The second-order valence-corrected chi connectivity index (χ2v) is 10.6. The van der Waals surface area contributed by atoms with Crippen LogP contribution in [-0.2, 0) is 11.3 Å². The molecule has 3 fully saturated rings. The third-order valence-electron chi connectivity index (χ3n) is 8.15. The minimum Gasteiger partial charge on any atom is -0.492 e. The Bertz CT molecular complexity index is 1270. The monoisotopic (exact) mass is 514 g/mol. The van der Waals surface area contributed by atoms with E-state index in [0.29, 0.717) is 24.3 Å². The zero-order valence-corrected chi connectivity index (χ0v) is 21.9. The molecule has 3 atom stereocenters. The van der Waals surface area contributed by atoms with E-state index in [1.54, 1.807) is 7.11 Å². The van der Waals surface area contributed by atoms with Crippen LogP contribution >= 0.6 is 0 Å². The van der Waals surface area contributed by atoms with Gasteiger partial charge in [0.2, 0.25) is 5.88 Å². The van der Waals surface area contributed by atoms with Crippen LogP contribution in [0.25, 0.3) is 5.57 Å². The maximum Gasteiger partial charge on any atom is 0.212 e. The number of nitrogens with zero attached hydrogens (tertiary/aromatic N) is 5. The van der Waals surface area contributed by atoms with Gasteiger partial charge in [0.05, 0.1) is 25.6 Å². The average Bonchev–Trinajstić information content (AvgIpc) is 3.70. The van der Waals surface area contributed by atoms with E-state index in [2.05, 4.69) is 60.3 Å². The number of rotatable bonds is 7. The van der Waals surface area contributed by atoms with Crippen LogP contribution in [0.5, 0.6) is 5.88 Å². The second kappa shape index (κ2) is 9.70. The first-order valence-corrected chi connectivity index (χ1v) is 13.4. The molecule has 0 amide bonds. The van der Waals surface area contributed by atoms with Crippen molar-refractivity contribution in [1.82, 2.24) is 36.2 Å². The van der Waals surface area contributed by atoms with Gasteiger partial charge in [-0.15, -0.1) is 0 Å². The van der Waals surface area contributed by atoms with E-state index in [-0.39, 0.29) is 6.17 Å². The molecule has 0 radical (unpaired) electrons. The minimum absolute atomic E-state index is 0.0856. The summed E-state index contributed by atoms with van der Waals surface area (Å²) in [4.78, 5) is 14.3. The molecule has 0 aromatic carbocycles. The predicted octanol–water partition coefficient (Wildman–Crippen LogP) is 1.84. The van der Waals surface area contributed by atoms with Crippen LogP contribution in [-0.4, -0.2) is 72.5 Å². The Morgan fingerprint density at radius 2 is 1.89 bits per heavy atom. The first-order valence-electron chi connectivity index (χ1n) is 13.4. The van der Waals surface area contributed by atoms with E-state index in [1.165, 1.54) is 16.8 Å². The number of aromatic nitrogens is 2. The van der Waals surface area contributed by atoms with Gasteiger partial charge in [0.1, 0.15) is 17.7 Å². The summed E-state index contributed by atoms with van der Waals surface area (Å²) in [5.41, 5.74) is 16.0. The molecule has 0 aliphatic carbocycles. The van der Waals surface area contributed by atoms with E-state index < -0.39 is 0 Å².